The van der Waals surface area contributed by atoms with E-state index in [1.165, 1.54) is 34.5 Å². The van der Waals surface area contributed by atoms with Gasteiger partial charge in [-0.05, 0) is 35.7 Å². The predicted octanol–water partition coefficient (Wildman–Crippen LogP) is 4.41. The van der Waals surface area contributed by atoms with Crippen LogP contribution in [-0.2, 0) is 6.54 Å². The van der Waals surface area contributed by atoms with Gasteiger partial charge in [0.15, 0.2) is 0 Å². The van der Waals surface area contributed by atoms with Crippen LogP contribution in [0.5, 0.6) is 0 Å². The van der Waals surface area contributed by atoms with Crippen molar-refractivity contribution in [2.24, 2.45) is 0 Å². The van der Waals surface area contributed by atoms with E-state index in [1.54, 1.807) is 18.2 Å². The number of rotatable bonds is 5. The van der Waals surface area contributed by atoms with E-state index >= 15 is 0 Å². The fourth-order valence-electron chi connectivity index (χ4n) is 2.75. The van der Waals surface area contributed by atoms with Crippen LogP contribution >= 0.6 is 0 Å². The van der Waals surface area contributed by atoms with Gasteiger partial charge in [0.2, 0.25) is 0 Å². The molecule has 0 saturated heterocycles. The van der Waals surface area contributed by atoms with Gasteiger partial charge in [-0.2, -0.15) is 0 Å². The van der Waals surface area contributed by atoms with E-state index in [2.05, 4.69) is 19.2 Å². The molecule has 27 heavy (non-hydrogen) atoms. The zero-order valence-electron chi connectivity index (χ0n) is 15.3. The lowest BCUT2D eigenvalue weighted by molar-refractivity contribution is 0.102. The van der Waals surface area contributed by atoms with E-state index < -0.39 is 0 Å². The third-order valence-electron chi connectivity index (χ3n) is 4.38. The minimum atomic E-state index is -0.385. The second-order valence-corrected chi connectivity index (χ2v) is 6.71. The van der Waals surface area contributed by atoms with Gasteiger partial charge in [0, 0.05) is 23.5 Å². The topological polar surface area (TPSA) is 51.1 Å². The molecule has 3 aromatic rings. The van der Waals surface area contributed by atoms with E-state index in [9.17, 15) is 14.0 Å². The fraction of sp³-hybridized carbons (Fsp3) is 0.182. The van der Waals surface area contributed by atoms with Crippen molar-refractivity contribution in [3.8, 4) is 0 Å². The summed E-state index contributed by atoms with van der Waals surface area (Å²) in [4.78, 5) is 24.6. The molecule has 0 saturated carbocycles. The summed E-state index contributed by atoms with van der Waals surface area (Å²) in [6.07, 6.45) is 1.45. The highest BCUT2D eigenvalue weighted by Gasteiger charge is 2.10. The Bertz CT molecular complexity index is 1010. The standard InChI is InChI=1S/C22H21FN2O2/c1-15(2)16-7-10-19(11-8-16)24-22(27)18-9-12-21(26)25(14-18)13-17-5-3-4-6-20(17)23/h3-12,14-15H,13H2,1-2H3,(H,24,27). The number of hydrogen-bond donors (Lipinski definition) is 1. The first kappa shape index (κ1) is 18.6. The van der Waals surface area contributed by atoms with Crippen LogP contribution in [0.1, 0.15) is 41.3 Å². The molecule has 3 rings (SSSR count). The van der Waals surface area contributed by atoms with Gasteiger partial charge in [-0.15, -0.1) is 0 Å². The molecular formula is C22H21FN2O2. The zero-order valence-corrected chi connectivity index (χ0v) is 15.3. The van der Waals surface area contributed by atoms with Gasteiger partial charge in [-0.3, -0.25) is 9.59 Å². The van der Waals surface area contributed by atoms with Crippen molar-refractivity contribution in [2.45, 2.75) is 26.3 Å². The normalized spacial score (nSPS) is 10.8. The third kappa shape index (κ3) is 4.50. The third-order valence-corrected chi connectivity index (χ3v) is 4.38. The quantitative estimate of drug-likeness (QED) is 0.729. The highest BCUT2D eigenvalue weighted by molar-refractivity contribution is 6.04. The minimum Gasteiger partial charge on any atom is -0.322 e. The lowest BCUT2D eigenvalue weighted by Crippen LogP contribution is -2.23. The Morgan fingerprint density at radius 2 is 1.74 bits per heavy atom. The molecule has 0 aliphatic carbocycles. The molecule has 0 fully saturated rings. The van der Waals surface area contributed by atoms with Gasteiger partial charge in [-0.1, -0.05) is 44.2 Å². The van der Waals surface area contributed by atoms with Crippen LogP contribution in [0.4, 0.5) is 10.1 Å². The maximum Gasteiger partial charge on any atom is 0.257 e. The smallest absolute Gasteiger partial charge is 0.257 e. The monoisotopic (exact) mass is 364 g/mol. The predicted molar refractivity (Wildman–Crippen MR) is 105 cm³/mol. The maximum atomic E-state index is 13.8. The Hall–Kier alpha value is -3.21. The summed E-state index contributed by atoms with van der Waals surface area (Å²) in [6, 6.07) is 16.7. The van der Waals surface area contributed by atoms with Crippen molar-refractivity contribution in [3.63, 3.8) is 0 Å². The van der Waals surface area contributed by atoms with Crippen LogP contribution in [0.25, 0.3) is 0 Å². The molecule has 2 aromatic carbocycles. The SMILES string of the molecule is CC(C)c1ccc(NC(=O)c2ccc(=O)n(Cc3ccccc3F)c2)cc1. The summed E-state index contributed by atoms with van der Waals surface area (Å²) < 4.78 is 15.2. The number of carbonyl (C=O) groups excluding carboxylic acids is 1. The van der Waals surface area contributed by atoms with Gasteiger partial charge in [0.05, 0.1) is 12.1 Å². The Kier molecular flexibility index (Phi) is 5.50. The average Bonchev–Trinajstić information content (AvgIpc) is 2.65. The number of pyridine rings is 1. The van der Waals surface area contributed by atoms with Gasteiger partial charge in [0.1, 0.15) is 5.82 Å². The molecule has 5 heteroatoms. The second-order valence-electron chi connectivity index (χ2n) is 6.71. The molecule has 1 aromatic heterocycles. The van der Waals surface area contributed by atoms with Crippen LogP contribution in [0.15, 0.2) is 71.7 Å². The summed E-state index contributed by atoms with van der Waals surface area (Å²) in [6.45, 7) is 4.27. The van der Waals surface area contributed by atoms with E-state index in [-0.39, 0.29) is 23.8 Å². The van der Waals surface area contributed by atoms with Crippen molar-refractivity contribution in [2.75, 3.05) is 5.32 Å². The van der Waals surface area contributed by atoms with Gasteiger partial charge >= 0.3 is 0 Å². The van der Waals surface area contributed by atoms with E-state index in [1.807, 2.05) is 24.3 Å². The van der Waals surface area contributed by atoms with Crippen LogP contribution < -0.4 is 10.9 Å². The molecule has 4 nitrogen and oxygen atoms in total. The molecule has 0 aliphatic rings. The Morgan fingerprint density at radius 1 is 1.04 bits per heavy atom. The van der Waals surface area contributed by atoms with Crippen LogP contribution in [0.2, 0.25) is 0 Å². The Labute approximate surface area is 157 Å². The molecule has 138 valence electrons. The number of benzene rings is 2. The van der Waals surface area contributed by atoms with E-state index in [0.717, 1.165) is 0 Å². The summed E-state index contributed by atoms with van der Waals surface area (Å²) in [5.74, 6) is -0.296. The fourth-order valence-corrected chi connectivity index (χ4v) is 2.75. The van der Waals surface area contributed by atoms with Gasteiger partial charge < -0.3 is 9.88 Å². The zero-order chi connectivity index (χ0) is 19.4. The molecule has 0 bridgehead atoms. The molecular weight excluding hydrogens is 343 g/mol. The lowest BCUT2D eigenvalue weighted by atomic mass is 10.0. The van der Waals surface area contributed by atoms with E-state index in [4.69, 9.17) is 0 Å². The molecule has 0 radical (unpaired) electrons. The highest BCUT2D eigenvalue weighted by Crippen LogP contribution is 2.17. The average molecular weight is 364 g/mol. The molecule has 1 N–H and O–H groups in total. The van der Waals surface area contributed by atoms with E-state index in [0.29, 0.717) is 22.7 Å². The van der Waals surface area contributed by atoms with Crippen molar-refractivity contribution < 1.29 is 9.18 Å². The van der Waals surface area contributed by atoms with Gasteiger partial charge in [-0.25, -0.2) is 4.39 Å². The Balaban J connectivity index is 1.79. The number of amides is 1. The first-order valence-corrected chi connectivity index (χ1v) is 8.79. The summed E-state index contributed by atoms with van der Waals surface area (Å²) in [5, 5.41) is 2.82. The van der Waals surface area contributed by atoms with Gasteiger partial charge in [0.25, 0.3) is 11.5 Å². The van der Waals surface area contributed by atoms with Crippen molar-refractivity contribution >= 4 is 11.6 Å². The molecule has 1 amide bonds. The first-order chi connectivity index (χ1) is 12.9. The number of halogens is 1. The van der Waals surface area contributed by atoms with Crippen molar-refractivity contribution in [3.05, 3.63) is 99.7 Å². The van der Waals surface area contributed by atoms with Crippen molar-refractivity contribution in [1.82, 2.24) is 4.57 Å². The number of carbonyl (C=O) groups is 1. The number of nitrogens with zero attached hydrogens (tertiary/aromatic N) is 1. The van der Waals surface area contributed by atoms with Crippen molar-refractivity contribution in [1.29, 1.82) is 0 Å². The number of anilines is 1. The number of nitrogens with one attached hydrogen (secondary N) is 1. The second kappa shape index (κ2) is 7.99. The Morgan fingerprint density at radius 3 is 2.41 bits per heavy atom. The summed E-state index contributed by atoms with van der Waals surface area (Å²) in [7, 11) is 0. The highest BCUT2D eigenvalue weighted by atomic mass is 19.1. The molecule has 0 aliphatic heterocycles. The molecule has 0 unspecified atom stereocenters. The van der Waals surface area contributed by atoms with Crippen LogP contribution in [0.3, 0.4) is 0 Å². The largest absolute Gasteiger partial charge is 0.322 e. The molecule has 1 heterocycles. The lowest BCUT2D eigenvalue weighted by Gasteiger charge is -2.11. The minimum absolute atomic E-state index is 0.0652. The number of aromatic nitrogens is 1. The van der Waals surface area contributed by atoms with Crippen LogP contribution in [-0.4, -0.2) is 10.5 Å². The molecule has 0 atom stereocenters. The number of hydrogen-bond acceptors (Lipinski definition) is 2. The summed E-state index contributed by atoms with van der Waals surface area (Å²) >= 11 is 0. The van der Waals surface area contributed by atoms with Crippen LogP contribution in [0, 0.1) is 5.82 Å². The first-order valence-electron chi connectivity index (χ1n) is 8.79. The molecule has 0 spiro atoms. The summed E-state index contributed by atoms with van der Waals surface area (Å²) in [5.41, 5.74) is 2.29. The maximum absolute atomic E-state index is 13.8.